The molecule has 2 rings (SSSR count). The number of aromatic amines is 1. The minimum atomic E-state index is -0.989. The second-order valence-corrected chi connectivity index (χ2v) is 4.07. The third kappa shape index (κ3) is 2.24. The summed E-state index contributed by atoms with van der Waals surface area (Å²) in [7, 11) is 0. The molecular weight excluding hydrogens is 208 g/mol. The average Bonchev–Trinajstić information content (AvgIpc) is 2.60. The molecule has 1 heterocycles. The fraction of sp³-hybridized carbons (Fsp3) is 0.455. The Balaban J connectivity index is 1.84. The van der Waals surface area contributed by atoms with Crippen LogP contribution in [0.4, 0.5) is 0 Å². The highest BCUT2D eigenvalue weighted by Gasteiger charge is 2.24. The number of hydrogen-bond acceptors (Lipinski definition) is 2. The summed E-state index contributed by atoms with van der Waals surface area (Å²) >= 11 is 0. The van der Waals surface area contributed by atoms with Crippen LogP contribution in [-0.4, -0.2) is 22.0 Å². The van der Waals surface area contributed by atoms with Gasteiger partial charge in [0.25, 0.3) is 0 Å². The summed E-state index contributed by atoms with van der Waals surface area (Å²) in [5, 5.41) is 11.5. The van der Waals surface area contributed by atoms with Crippen LogP contribution in [0.15, 0.2) is 12.3 Å². The number of carboxylic acid groups (broad SMARTS) is 1. The van der Waals surface area contributed by atoms with Crippen molar-refractivity contribution in [2.45, 2.75) is 25.8 Å². The lowest BCUT2D eigenvalue weighted by atomic mass is 9.85. The minimum Gasteiger partial charge on any atom is -0.477 e. The molecule has 1 aliphatic carbocycles. The lowest BCUT2D eigenvalue weighted by Gasteiger charge is -2.23. The lowest BCUT2D eigenvalue weighted by molar-refractivity contribution is -0.127. The van der Waals surface area contributed by atoms with Crippen LogP contribution in [0.2, 0.25) is 0 Å². The van der Waals surface area contributed by atoms with E-state index >= 15 is 0 Å². The van der Waals surface area contributed by atoms with Crippen LogP contribution in [0.3, 0.4) is 0 Å². The minimum absolute atomic E-state index is 0.0734. The van der Waals surface area contributed by atoms with E-state index in [0.717, 1.165) is 24.8 Å². The molecule has 0 saturated heterocycles. The average molecular weight is 222 g/mol. The van der Waals surface area contributed by atoms with Crippen molar-refractivity contribution in [3.8, 4) is 0 Å². The number of carbonyl (C=O) groups excluding carboxylic acids is 1. The number of aromatic nitrogens is 1. The van der Waals surface area contributed by atoms with E-state index in [1.807, 2.05) is 0 Å². The Labute approximate surface area is 92.9 Å². The summed E-state index contributed by atoms with van der Waals surface area (Å²) in [6.45, 7) is 0.388. The van der Waals surface area contributed by atoms with Crippen LogP contribution < -0.4 is 5.32 Å². The topological polar surface area (TPSA) is 82.2 Å². The van der Waals surface area contributed by atoms with Crippen molar-refractivity contribution in [3.63, 3.8) is 0 Å². The molecule has 1 fully saturated rings. The van der Waals surface area contributed by atoms with Gasteiger partial charge in [-0.15, -0.1) is 0 Å². The zero-order valence-corrected chi connectivity index (χ0v) is 8.82. The molecule has 1 aromatic heterocycles. The molecule has 0 atom stereocenters. The summed E-state index contributed by atoms with van der Waals surface area (Å²) < 4.78 is 0. The Kier molecular flexibility index (Phi) is 2.94. The van der Waals surface area contributed by atoms with E-state index in [-0.39, 0.29) is 17.5 Å². The molecule has 5 heteroatoms. The summed E-state index contributed by atoms with van der Waals surface area (Å²) in [5.74, 6) is -0.751. The van der Waals surface area contributed by atoms with Crippen molar-refractivity contribution in [1.29, 1.82) is 0 Å². The van der Waals surface area contributed by atoms with Crippen molar-refractivity contribution in [1.82, 2.24) is 10.3 Å². The van der Waals surface area contributed by atoms with E-state index in [2.05, 4.69) is 10.3 Å². The molecule has 0 bridgehead atoms. The Morgan fingerprint density at radius 3 is 2.75 bits per heavy atom. The fourth-order valence-corrected chi connectivity index (χ4v) is 1.67. The molecule has 0 radical (unpaired) electrons. The van der Waals surface area contributed by atoms with E-state index in [1.165, 1.54) is 6.07 Å². The summed E-state index contributed by atoms with van der Waals surface area (Å²) in [5.41, 5.74) is 0.929. The molecular formula is C11H14N2O3. The Morgan fingerprint density at radius 1 is 1.50 bits per heavy atom. The lowest BCUT2D eigenvalue weighted by Crippen LogP contribution is -2.33. The van der Waals surface area contributed by atoms with Gasteiger partial charge in [-0.05, 0) is 24.5 Å². The number of carbonyl (C=O) groups is 2. The Bertz CT molecular complexity index is 407. The summed E-state index contributed by atoms with van der Waals surface area (Å²) in [6, 6.07) is 1.53. The van der Waals surface area contributed by atoms with Crippen LogP contribution in [0.25, 0.3) is 0 Å². The maximum absolute atomic E-state index is 11.5. The number of aromatic carboxylic acids is 1. The predicted molar refractivity (Wildman–Crippen MR) is 56.9 cm³/mol. The van der Waals surface area contributed by atoms with E-state index in [9.17, 15) is 9.59 Å². The van der Waals surface area contributed by atoms with E-state index in [1.54, 1.807) is 6.20 Å². The first-order chi connectivity index (χ1) is 7.66. The first-order valence-electron chi connectivity index (χ1n) is 5.35. The van der Waals surface area contributed by atoms with E-state index in [0.29, 0.717) is 6.54 Å². The summed E-state index contributed by atoms with van der Waals surface area (Å²) in [6.07, 6.45) is 4.68. The largest absolute Gasteiger partial charge is 0.477 e. The number of H-pyrrole nitrogens is 1. The molecule has 0 unspecified atom stereocenters. The highest BCUT2D eigenvalue weighted by atomic mass is 16.4. The highest BCUT2D eigenvalue weighted by Crippen LogP contribution is 2.26. The van der Waals surface area contributed by atoms with Crippen molar-refractivity contribution in [2.24, 2.45) is 5.92 Å². The van der Waals surface area contributed by atoms with Gasteiger partial charge >= 0.3 is 5.97 Å². The molecule has 1 saturated carbocycles. The number of hydrogen-bond donors (Lipinski definition) is 3. The molecule has 1 aromatic rings. The quantitative estimate of drug-likeness (QED) is 0.714. The number of carboxylic acids is 1. The number of rotatable bonds is 4. The Hall–Kier alpha value is -1.78. The van der Waals surface area contributed by atoms with Gasteiger partial charge in [-0.3, -0.25) is 4.79 Å². The standard InChI is InChI=1S/C11H14N2O3/c14-10(8-2-1-3-8)13-6-7-4-9(11(15)16)12-5-7/h4-5,8,12H,1-3,6H2,(H,13,14)(H,15,16). The van der Waals surface area contributed by atoms with Gasteiger partial charge in [0, 0.05) is 18.7 Å². The Morgan fingerprint density at radius 2 is 2.25 bits per heavy atom. The van der Waals surface area contributed by atoms with Crippen LogP contribution in [0.1, 0.15) is 35.3 Å². The molecule has 1 aliphatic rings. The molecule has 0 spiro atoms. The van der Waals surface area contributed by atoms with Crippen molar-refractivity contribution in [2.75, 3.05) is 0 Å². The van der Waals surface area contributed by atoms with Gasteiger partial charge in [-0.25, -0.2) is 4.79 Å². The third-order valence-corrected chi connectivity index (χ3v) is 2.92. The molecule has 1 amide bonds. The van der Waals surface area contributed by atoms with Crippen molar-refractivity contribution < 1.29 is 14.7 Å². The first-order valence-corrected chi connectivity index (χ1v) is 5.35. The van der Waals surface area contributed by atoms with Crippen LogP contribution >= 0.6 is 0 Å². The van der Waals surface area contributed by atoms with Gasteiger partial charge < -0.3 is 15.4 Å². The molecule has 0 aromatic carbocycles. The second-order valence-electron chi connectivity index (χ2n) is 4.07. The predicted octanol–water partition coefficient (Wildman–Crippen LogP) is 1.13. The zero-order valence-electron chi connectivity index (χ0n) is 8.82. The van der Waals surface area contributed by atoms with Crippen LogP contribution in [-0.2, 0) is 11.3 Å². The maximum Gasteiger partial charge on any atom is 0.352 e. The van der Waals surface area contributed by atoms with Gasteiger partial charge in [-0.2, -0.15) is 0 Å². The molecule has 0 aliphatic heterocycles. The molecule has 3 N–H and O–H groups in total. The van der Waals surface area contributed by atoms with Gasteiger partial charge in [0.15, 0.2) is 0 Å². The van der Waals surface area contributed by atoms with Crippen molar-refractivity contribution in [3.05, 3.63) is 23.5 Å². The second kappa shape index (κ2) is 4.38. The van der Waals surface area contributed by atoms with Gasteiger partial charge in [0.05, 0.1) is 0 Å². The van der Waals surface area contributed by atoms with Crippen molar-refractivity contribution >= 4 is 11.9 Å². The normalized spacial score (nSPS) is 15.5. The zero-order chi connectivity index (χ0) is 11.5. The number of amides is 1. The summed E-state index contributed by atoms with van der Waals surface area (Å²) in [4.78, 5) is 24.7. The first kappa shape index (κ1) is 10.7. The van der Waals surface area contributed by atoms with Crippen LogP contribution in [0, 0.1) is 5.92 Å². The maximum atomic E-state index is 11.5. The van der Waals surface area contributed by atoms with Gasteiger partial charge in [0.2, 0.25) is 5.91 Å². The monoisotopic (exact) mass is 222 g/mol. The highest BCUT2D eigenvalue weighted by molar-refractivity contribution is 5.85. The molecule has 5 nitrogen and oxygen atoms in total. The third-order valence-electron chi connectivity index (χ3n) is 2.92. The van der Waals surface area contributed by atoms with Crippen LogP contribution in [0.5, 0.6) is 0 Å². The molecule has 16 heavy (non-hydrogen) atoms. The SMILES string of the molecule is O=C(O)c1cc(CNC(=O)C2CCC2)c[nH]1. The van der Waals surface area contributed by atoms with E-state index < -0.39 is 5.97 Å². The molecule has 86 valence electrons. The van der Waals surface area contributed by atoms with E-state index in [4.69, 9.17) is 5.11 Å². The van der Waals surface area contributed by atoms with Gasteiger partial charge in [-0.1, -0.05) is 6.42 Å². The van der Waals surface area contributed by atoms with Gasteiger partial charge in [0.1, 0.15) is 5.69 Å². The fourth-order valence-electron chi connectivity index (χ4n) is 1.67. The number of nitrogens with one attached hydrogen (secondary N) is 2. The smallest absolute Gasteiger partial charge is 0.352 e.